The van der Waals surface area contributed by atoms with Gasteiger partial charge in [-0.2, -0.15) is 11.8 Å². The Kier molecular flexibility index (Phi) is 5.57. The van der Waals surface area contributed by atoms with Gasteiger partial charge in [0.15, 0.2) is 0 Å². The second-order valence-electron chi connectivity index (χ2n) is 2.70. The van der Waals surface area contributed by atoms with Gasteiger partial charge in [-0.05, 0) is 11.7 Å². The van der Waals surface area contributed by atoms with Crippen LogP contribution in [0.25, 0.3) is 0 Å². The molecule has 0 aromatic heterocycles. The van der Waals surface area contributed by atoms with Crippen LogP contribution < -0.4 is 5.73 Å². The zero-order valence-electron chi connectivity index (χ0n) is 6.63. The standard InChI is InChI=1S/C8H15NS/c1-4-8(9)6-10-5-7(2)3/h1,7-8H,5-6,9H2,2-3H3. The van der Waals surface area contributed by atoms with E-state index in [1.165, 1.54) is 0 Å². The van der Waals surface area contributed by atoms with Crippen LogP contribution in [-0.4, -0.2) is 17.5 Å². The Hall–Kier alpha value is -0.130. The van der Waals surface area contributed by atoms with Crippen molar-refractivity contribution in [2.45, 2.75) is 19.9 Å². The largest absolute Gasteiger partial charge is 0.317 e. The molecule has 1 unspecified atom stereocenters. The molecule has 1 atom stereocenters. The van der Waals surface area contributed by atoms with E-state index in [0.717, 1.165) is 17.4 Å². The van der Waals surface area contributed by atoms with E-state index in [1.54, 1.807) is 0 Å². The van der Waals surface area contributed by atoms with E-state index in [9.17, 15) is 0 Å². The molecule has 0 saturated heterocycles. The summed E-state index contributed by atoms with van der Waals surface area (Å²) in [6.45, 7) is 4.38. The maximum atomic E-state index is 5.50. The van der Waals surface area contributed by atoms with Crippen molar-refractivity contribution < 1.29 is 0 Å². The highest BCUT2D eigenvalue weighted by molar-refractivity contribution is 7.99. The summed E-state index contributed by atoms with van der Waals surface area (Å²) in [4.78, 5) is 0. The minimum atomic E-state index is -0.0660. The summed E-state index contributed by atoms with van der Waals surface area (Å²) < 4.78 is 0. The fraction of sp³-hybridized carbons (Fsp3) is 0.750. The van der Waals surface area contributed by atoms with E-state index in [4.69, 9.17) is 12.2 Å². The zero-order valence-corrected chi connectivity index (χ0v) is 7.45. The molecule has 0 aliphatic rings. The van der Waals surface area contributed by atoms with Crippen LogP contribution in [0.15, 0.2) is 0 Å². The van der Waals surface area contributed by atoms with Gasteiger partial charge in [-0.3, -0.25) is 0 Å². The highest BCUT2D eigenvalue weighted by atomic mass is 32.2. The van der Waals surface area contributed by atoms with Gasteiger partial charge in [0.25, 0.3) is 0 Å². The Morgan fingerprint density at radius 3 is 2.50 bits per heavy atom. The lowest BCUT2D eigenvalue weighted by molar-refractivity contribution is 0.749. The van der Waals surface area contributed by atoms with Crippen LogP contribution in [0.3, 0.4) is 0 Å². The third-order valence-corrected chi connectivity index (χ3v) is 2.46. The van der Waals surface area contributed by atoms with Crippen molar-refractivity contribution >= 4 is 11.8 Å². The van der Waals surface area contributed by atoms with E-state index in [2.05, 4.69) is 19.8 Å². The van der Waals surface area contributed by atoms with Crippen molar-refractivity contribution in [1.82, 2.24) is 0 Å². The van der Waals surface area contributed by atoms with Crippen molar-refractivity contribution in [3.8, 4) is 12.3 Å². The lowest BCUT2D eigenvalue weighted by atomic mass is 10.3. The van der Waals surface area contributed by atoms with Crippen molar-refractivity contribution in [3.05, 3.63) is 0 Å². The predicted molar refractivity (Wildman–Crippen MR) is 49.0 cm³/mol. The number of hydrogen-bond acceptors (Lipinski definition) is 2. The van der Waals surface area contributed by atoms with Gasteiger partial charge in [-0.25, -0.2) is 0 Å². The maximum Gasteiger partial charge on any atom is 0.0753 e. The average molecular weight is 157 g/mol. The summed E-state index contributed by atoms with van der Waals surface area (Å²) in [5.74, 6) is 5.26. The van der Waals surface area contributed by atoms with Crippen LogP contribution in [0.4, 0.5) is 0 Å². The van der Waals surface area contributed by atoms with E-state index >= 15 is 0 Å². The molecule has 0 aliphatic heterocycles. The molecule has 0 heterocycles. The van der Waals surface area contributed by atoms with Crippen LogP contribution in [0.1, 0.15) is 13.8 Å². The van der Waals surface area contributed by atoms with E-state index in [1.807, 2.05) is 11.8 Å². The first-order valence-electron chi connectivity index (χ1n) is 3.46. The number of terminal acetylenes is 1. The van der Waals surface area contributed by atoms with Crippen LogP contribution >= 0.6 is 11.8 Å². The van der Waals surface area contributed by atoms with Crippen LogP contribution in [-0.2, 0) is 0 Å². The molecule has 10 heavy (non-hydrogen) atoms. The molecule has 0 spiro atoms. The third-order valence-electron chi connectivity index (χ3n) is 0.963. The molecule has 2 N–H and O–H groups in total. The predicted octanol–water partition coefficient (Wildman–Crippen LogP) is 1.34. The van der Waals surface area contributed by atoms with E-state index in [-0.39, 0.29) is 6.04 Å². The van der Waals surface area contributed by atoms with Crippen LogP contribution in [0, 0.1) is 18.3 Å². The molecule has 0 aliphatic carbocycles. The molecular weight excluding hydrogens is 142 g/mol. The Bertz CT molecular complexity index is 115. The molecule has 0 saturated carbocycles. The minimum Gasteiger partial charge on any atom is -0.317 e. The smallest absolute Gasteiger partial charge is 0.0753 e. The molecule has 1 nitrogen and oxygen atoms in total. The first-order chi connectivity index (χ1) is 4.66. The van der Waals surface area contributed by atoms with Crippen molar-refractivity contribution in [2.24, 2.45) is 11.7 Å². The summed E-state index contributed by atoms with van der Waals surface area (Å²) >= 11 is 1.83. The molecule has 58 valence electrons. The van der Waals surface area contributed by atoms with E-state index < -0.39 is 0 Å². The second-order valence-corrected chi connectivity index (χ2v) is 3.78. The third kappa shape index (κ3) is 6.00. The van der Waals surface area contributed by atoms with Crippen molar-refractivity contribution in [3.63, 3.8) is 0 Å². The molecule has 0 rings (SSSR count). The fourth-order valence-electron chi connectivity index (χ4n) is 0.479. The van der Waals surface area contributed by atoms with E-state index in [0.29, 0.717) is 0 Å². The number of rotatable bonds is 4. The number of thioether (sulfide) groups is 1. The minimum absolute atomic E-state index is 0.0660. The van der Waals surface area contributed by atoms with Gasteiger partial charge in [0.2, 0.25) is 0 Å². The summed E-state index contributed by atoms with van der Waals surface area (Å²) in [5, 5.41) is 0. The SMILES string of the molecule is C#CC(N)CSCC(C)C. The van der Waals surface area contributed by atoms with Gasteiger partial charge in [-0.15, -0.1) is 6.42 Å². The molecular formula is C8H15NS. The lowest BCUT2D eigenvalue weighted by Crippen LogP contribution is -2.20. The molecule has 2 heteroatoms. The van der Waals surface area contributed by atoms with Gasteiger partial charge in [0.1, 0.15) is 0 Å². The van der Waals surface area contributed by atoms with Gasteiger partial charge < -0.3 is 5.73 Å². The highest BCUT2D eigenvalue weighted by Crippen LogP contribution is 2.07. The highest BCUT2D eigenvalue weighted by Gasteiger charge is 1.98. The molecule has 0 aromatic rings. The fourth-order valence-corrected chi connectivity index (χ4v) is 1.44. The zero-order chi connectivity index (χ0) is 7.98. The molecule has 0 bridgehead atoms. The summed E-state index contributed by atoms with van der Waals surface area (Å²) in [7, 11) is 0. The first kappa shape index (κ1) is 9.87. The van der Waals surface area contributed by atoms with Crippen molar-refractivity contribution in [2.75, 3.05) is 11.5 Å². The van der Waals surface area contributed by atoms with Crippen LogP contribution in [0.5, 0.6) is 0 Å². The first-order valence-corrected chi connectivity index (χ1v) is 4.61. The van der Waals surface area contributed by atoms with Gasteiger partial charge >= 0.3 is 0 Å². The van der Waals surface area contributed by atoms with Gasteiger partial charge in [0.05, 0.1) is 6.04 Å². The lowest BCUT2D eigenvalue weighted by Gasteiger charge is -2.05. The Balaban J connectivity index is 3.13. The molecule has 0 aromatic carbocycles. The summed E-state index contributed by atoms with van der Waals surface area (Å²) in [5.41, 5.74) is 5.50. The van der Waals surface area contributed by atoms with Crippen LogP contribution in [0.2, 0.25) is 0 Å². The number of hydrogen-bond donors (Lipinski definition) is 1. The average Bonchev–Trinajstić information content (AvgIpc) is 1.87. The van der Waals surface area contributed by atoms with Crippen molar-refractivity contribution in [1.29, 1.82) is 0 Å². The number of nitrogens with two attached hydrogens (primary N) is 1. The Morgan fingerprint density at radius 1 is 1.50 bits per heavy atom. The van der Waals surface area contributed by atoms with Gasteiger partial charge in [-0.1, -0.05) is 19.8 Å². The van der Waals surface area contributed by atoms with Gasteiger partial charge in [0, 0.05) is 5.75 Å². The summed E-state index contributed by atoms with van der Waals surface area (Å²) in [6.07, 6.45) is 5.10. The second kappa shape index (κ2) is 5.64. The summed E-state index contributed by atoms with van der Waals surface area (Å²) in [6, 6.07) is -0.0660. The molecule has 0 fully saturated rings. The molecule has 0 radical (unpaired) electrons. The molecule has 0 amide bonds. The Labute approximate surface area is 67.8 Å². The Morgan fingerprint density at radius 2 is 2.10 bits per heavy atom. The maximum absolute atomic E-state index is 5.50. The topological polar surface area (TPSA) is 26.0 Å². The normalized spacial score (nSPS) is 13.1. The quantitative estimate of drug-likeness (QED) is 0.623. The monoisotopic (exact) mass is 157 g/mol.